The van der Waals surface area contributed by atoms with E-state index in [0.29, 0.717) is 11.7 Å². The van der Waals surface area contributed by atoms with E-state index in [2.05, 4.69) is 56.7 Å². The third kappa shape index (κ3) is 2.68. The quantitative estimate of drug-likeness (QED) is 0.448. The van der Waals surface area contributed by atoms with Crippen LogP contribution in [0.15, 0.2) is 30.5 Å². The number of H-pyrrole nitrogens is 2. The lowest BCUT2D eigenvalue weighted by atomic mass is 9.89. The van der Waals surface area contributed by atoms with Gasteiger partial charge in [0, 0.05) is 22.7 Å². The number of fused-ring (bicyclic) bond motifs is 2. The molecule has 0 radical (unpaired) electrons. The first-order valence-corrected chi connectivity index (χ1v) is 9.69. The van der Waals surface area contributed by atoms with E-state index in [1.807, 2.05) is 6.20 Å². The van der Waals surface area contributed by atoms with E-state index < -0.39 is 0 Å². The standard InChI is InChI=1S/C21H24N6/c1-2-15-16-9-13(12-5-7-23-8-6-12)3-4-17(16)25-19(15)14-10-18-20(24-11-14)21(22)27-26-18/h3-4,9-12,23,25H,2,5-8H2,1H3,(H3,22,26,27). The average molecular weight is 360 g/mol. The first-order valence-electron chi connectivity index (χ1n) is 9.69. The summed E-state index contributed by atoms with van der Waals surface area (Å²) in [7, 11) is 0. The van der Waals surface area contributed by atoms with Crippen LogP contribution in [0.4, 0.5) is 5.82 Å². The number of aromatic nitrogens is 4. The minimum atomic E-state index is 0.440. The van der Waals surface area contributed by atoms with Crippen molar-refractivity contribution in [3.8, 4) is 11.3 Å². The van der Waals surface area contributed by atoms with Crippen LogP contribution >= 0.6 is 0 Å². The first-order chi connectivity index (χ1) is 13.2. The number of benzene rings is 1. The van der Waals surface area contributed by atoms with E-state index in [0.717, 1.165) is 41.8 Å². The van der Waals surface area contributed by atoms with Gasteiger partial charge in [0.25, 0.3) is 0 Å². The van der Waals surface area contributed by atoms with Crippen molar-refractivity contribution in [1.82, 2.24) is 25.5 Å². The van der Waals surface area contributed by atoms with Crippen LogP contribution in [0.25, 0.3) is 33.2 Å². The highest BCUT2D eigenvalue weighted by molar-refractivity contribution is 5.93. The van der Waals surface area contributed by atoms with Crippen molar-refractivity contribution in [3.05, 3.63) is 41.6 Å². The van der Waals surface area contributed by atoms with Crippen LogP contribution in [0, 0.1) is 0 Å². The van der Waals surface area contributed by atoms with Gasteiger partial charge in [-0.3, -0.25) is 5.10 Å². The maximum absolute atomic E-state index is 5.85. The van der Waals surface area contributed by atoms with Crippen LogP contribution in [0.1, 0.15) is 36.8 Å². The summed E-state index contributed by atoms with van der Waals surface area (Å²) in [5.41, 5.74) is 13.6. The Hall–Kier alpha value is -2.86. The van der Waals surface area contributed by atoms with E-state index in [1.165, 1.54) is 34.9 Å². The largest absolute Gasteiger partial charge is 0.380 e. The molecule has 0 amide bonds. The Balaban J connectivity index is 1.62. The number of aryl methyl sites for hydroxylation is 1. The summed E-state index contributed by atoms with van der Waals surface area (Å²) in [4.78, 5) is 8.12. The number of hydrogen-bond donors (Lipinski definition) is 4. The molecule has 1 fully saturated rings. The third-order valence-electron chi connectivity index (χ3n) is 5.81. The molecule has 0 unspecified atom stereocenters. The van der Waals surface area contributed by atoms with Crippen LogP contribution in [0.2, 0.25) is 0 Å². The number of nitrogens with zero attached hydrogens (tertiary/aromatic N) is 2. The van der Waals surface area contributed by atoms with Crippen molar-refractivity contribution in [2.45, 2.75) is 32.1 Å². The van der Waals surface area contributed by atoms with Gasteiger partial charge in [0.1, 0.15) is 5.52 Å². The fourth-order valence-electron chi connectivity index (χ4n) is 4.35. The molecule has 0 aliphatic carbocycles. The summed E-state index contributed by atoms with van der Waals surface area (Å²) in [6, 6.07) is 8.98. The molecule has 138 valence electrons. The Morgan fingerprint density at radius 2 is 2.00 bits per heavy atom. The van der Waals surface area contributed by atoms with E-state index in [4.69, 9.17) is 5.73 Å². The molecule has 4 heterocycles. The molecular weight excluding hydrogens is 336 g/mol. The second kappa shape index (κ2) is 6.39. The zero-order valence-electron chi connectivity index (χ0n) is 15.5. The van der Waals surface area contributed by atoms with Crippen LogP contribution in [0.5, 0.6) is 0 Å². The highest BCUT2D eigenvalue weighted by Gasteiger charge is 2.18. The summed E-state index contributed by atoms with van der Waals surface area (Å²) >= 11 is 0. The molecule has 5 N–H and O–H groups in total. The maximum Gasteiger partial charge on any atom is 0.171 e. The monoisotopic (exact) mass is 360 g/mol. The maximum atomic E-state index is 5.85. The molecule has 0 bridgehead atoms. The lowest BCUT2D eigenvalue weighted by molar-refractivity contribution is 0.460. The lowest BCUT2D eigenvalue weighted by Gasteiger charge is -2.23. The molecule has 1 aliphatic heterocycles. The zero-order valence-corrected chi connectivity index (χ0v) is 15.5. The van der Waals surface area contributed by atoms with Crippen molar-refractivity contribution in [2.24, 2.45) is 0 Å². The number of anilines is 1. The van der Waals surface area contributed by atoms with Gasteiger partial charge in [0.2, 0.25) is 0 Å². The Kier molecular flexibility index (Phi) is 3.86. The minimum absolute atomic E-state index is 0.440. The number of aromatic amines is 2. The van der Waals surface area contributed by atoms with E-state index in [1.54, 1.807) is 0 Å². The highest BCUT2D eigenvalue weighted by atomic mass is 15.2. The van der Waals surface area contributed by atoms with Gasteiger partial charge in [-0.25, -0.2) is 4.98 Å². The van der Waals surface area contributed by atoms with Gasteiger partial charge in [-0.2, -0.15) is 5.10 Å². The number of hydrogen-bond acceptors (Lipinski definition) is 4. The average Bonchev–Trinajstić information content (AvgIpc) is 3.28. The molecule has 5 rings (SSSR count). The van der Waals surface area contributed by atoms with Gasteiger partial charge in [0.15, 0.2) is 5.82 Å². The predicted molar refractivity (Wildman–Crippen MR) is 110 cm³/mol. The minimum Gasteiger partial charge on any atom is -0.380 e. The van der Waals surface area contributed by atoms with E-state index in [9.17, 15) is 0 Å². The van der Waals surface area contributed by atoms with Gasteiger partial charge < -0.3 is 16.0 Å². The zero-order chi connectivity index (χ0) is 18.4. The number of piperidine rings is 1. The van der Waals surface area contributed by atoms with Crippen molar-refractivity contribution in [2.75, 3.05) is 18.8 Å². The summed E-state index contributed by atoms with van der Waals surface area (Å²) in [6.45, 7) is 4.44. The topological polar surface area (TPSA) is 95.4 Å². The van der Waals surface area contributed by atoms with Gasteiger partial charge in [0.05, 0.1) is 11.2 Å². The Morgan fingerprint density at radius 1 is 1.15 bits per heavy atom. The molecule has 4 aromatic rings. The van der Waals surface area contributed by atoms with Crippen LogP contribution in [0.3, 0.4) is 0 Å². The first kappa shape index (κ1) is 16.3. The van der Waals surface area contributed by atoms with E-state index in [-0.39, 0.29) is 0 Å². The second-order valence-corrected chi connectivity index (χ2v) is 7.39. The summed E-state index contributed by atoms with van der Waals surface area (Å²) in [6.07, 6.45) is 5.28. The molecule has 1 aromatic carbocycles. The number of pyridine rings is 1. The molecule has 0 saturated carbocycles. The van der Waals surface area contributed by atoms with Gasteiger partial charge in [-0.1, -0.05) is 13.0 Å². The van der Waals surface area contributed by atoms with Gasteiger partial charge in [-0.15, -0.1) is 0 Å². The van der Waals surface area contributed by atoms with Crippen LogP contribution in [-0.2, 0) is 6.42 Å². The third-order valence-corrected chi connectivity index (χ3v) is 5.81. The predicted octanol–water partition coefficient (Wildman–Crippen LogP) is 3.72. The van der Waals surface area contributed by atoms with Crippen LogP contribution < -0.4 is 11.1 Å². The number of nitrogens with one attached hydrogen (secondary N) is 3. The normalized spacial score (nSPS) is 15.7. The number of nitrogens with two attached hydrogens (primary N) is 1. The molecule has 6 heteroatoms. The van der Waals surface area contributed by atoms with Gasteiger partial charge >= 0.3 is 0 Å². The summed E-state index contributed by atoms with van der Waals surface area (Å²) in [5.74, 6) is 1.10. The lowest BCUT2D eigenvalue weighted by Crippen LogP contribution is -2.26. The molecule has 27 heavy (non-hydrogen) atoms. The summed E-state index contributed by atoms with van der Waals surface area (Å²) < 4.78 is 0. The van der Waals surface area contributed by atoms with E-state index >= 15 is 0 Å². The summed E-state index contributed by atoms with van der Waals surface area (Å²) in [5, 5.41) is 11.8. The second-order valence-electron chi connectivity index (χ2n) is 7.39. The Labute approximate surface area is 157 Å². The highest BCUT2D eigenvalue weighted by Crippen LogP contribution is 2.35. The van der Waals surface area contributed by atoms with Crippen molar-refractivity contribution in [1.29, 1.82) is 0 Å². The SMILES string of the molecule is CCc1c(-c2cnc3c(N)n[nH]c3c2)[nH]c2ccc(C3CCNCC3)cc12. The smallest absolute Gasteiger partial charge is 0.171 e. The Bertz CT molecular complexity index is 1120. The Morgan fingerprint density at radius 3 is 2.81 bits per heavy atom. The fraction of sp³-hybridized carbons (Fsp3) is 0.333. The van der Waals surface area contributed by atoms with Gasteiger partial charge in [-0.05, 0) is 67.6 Å². The van der Waals surface area contributed by atoms with Crippen molar-refractivity contribution >= 4 is 27.8 Å². The van der Waals surface area contributed by atoms with Crippen LogP contribution in [-0.4, -0.2) is 33.3 Å². The van der Waals surface area contributed by atoms with Crippen molar-refractivity contribution < 1.29 is 0 Å². The molecule has 0 atom stereocenters. The molecule has 1 saturated heterocycles. The number of rotatable bonds is 3. The molecule has 1 aliphatic rings. The number of nitrogen functional groups attached to an aromatic ring is 1. The molecule has 6 nitrogen and oxygen atoms in total. The molecule has 0 spiro atoms. The fourth-order valence-corrected chi connectivity index (χ4v) is 4.35. The molecular formula is C21H24N6. The van der Waals surface area contributed by atoms with Crippen molar-refractivity contribution in [3.63, 3.8) is 0 Å². The molecule has 3 aromatic heterocycles.